The Morgan fingerprint density at radius 2 is 1.85 bits per heavy atom. The molecule has 110 valence electrons. The summed E-state index contributed by atoms with van der Waals surface area (Å²) in [7, 11) is 2.04. The second-order valence-corrected chi connectivity index (χ2v) is 5.69. The number of hydrogen-bond donors (Lipinski definition) is 1. The van der Waals surface area contributed by atoms with Crippen LogP contribution in [0.1, 0.15) is 39.3 Å². The predicted octanol–water partition coefficient (Wildman–Crippen LogP) is 3.62. The predicted molar refractivity (Wildman–Crippen MR) is 86.1 cm³/mol. The summed E-state index contributed by atoms with van der Waals surface area (Å²) < 4.78 is 2.13. The molecule has 1 N–H and O–H groups in total. The van der Waals surface area contributed by atoms with E-state index in [-0.39, 0.29) is 0 Å². The van der Waals surface area contributed by atoms with Gasteiger partial charge in [-0.05, 0) is 44.7 Å². The average Bonchev–Trinajstić information content (AvgIpc) is 2.85. The Balaban J connectivity index is 2.42. The lowest BCUT2D eigenvalue weighted by Gasteiger charge is -2.31. The Morgan fingerprint density at radius 1 is 1.15 bits per heavy atom. The van der Waals surface area contributed by atoms with Crippen molar-refractivity contribution >= 4 is 10.9 Å². The van der Waals surface area contributed by atoms with Gasteiger partial charge in [-0.25, -0.2) is 0 Å². The molecular weight excluding hydrogens is 246 g/mol. The molecule has 0 amide bonds. The fourth-order valence-electron chi connectivity index (χ4n) is 3.11. The van der Waals surface area contributed by atoms with Crippen molar-refractivity contribution in [2.75, 3.05) is 13.6 Å². The third-order valence-electron chi connectivity index (χ3n) is 4.63. The van der Waals surface area contributed by atoms with Crippen LogP contribution in [0.4, 0.5) is 0 Å². The summed E-state index contributed by atoms with van der Waals surface area (Å²) in [5, 5.41) is 9.54. The molecule has 0 bridgehead atoms. The van der Waals surface area contributed by atoms with Crippen molar-refractivity contribution in [1.29, 1.82) is 0 Å². The van der Waals surface area contributed by atoms with Gasteiger partial charge in [0.25, 0.3) is 0 Å². The van der Waals surface area contributed by atoms with E-state index in [0.717, 1.165) is 19.5 Å². The van der Waals surface area contributed by atoms with Crippen molar-refractivity contribution in [2.24, 2.45) is 5.41 Å². The summed E-state index contributed by atoms with van der Waals surface area (Å²) in [4.78, 5) is 0. The Morgan fingerprint density at radius 3 is 2.45 bits per heavy atom. The molecule has 0 spiro atoms. The van der Waals surface area contributed by atoms with E-state index in [1.807, 2.05) is 7.05 Å². The summed E-state index contributed by atoms with van der Waals surface area (Å²) >= 11 is 0. The average molecular weight is 273 g/mol. The first-order chi connectivity index (χ1) is 9.69. The second kappa shape index (κ2) is 6.40. The van der Waals surface area contributed by atoms with Crippen LogP contribution < -0.4 is 5.32 Å². The van der Waals surface area contributed by atoms with E-state index in [1.165, 1.54) is 29.4 Å². The van der Waals surface area contributed by atoms with Gasteiger partial charge in [-0.3, -0.25) is 4.68 Å². The molecule has 0 aliphatic heterocycles. The molecule has 0 saturated heterocycles. The van der Waals surface area contributed by atoms with Gasteiger partial charge in [0.2, 0.25) is 0 Å². The molecule has 0 aliphatic carbocycles. The molecule has 0 atom stereocenters. The molecule has 2 rings (SSSR count). The van der Waals surface area contributed by atoms with Crippen LogP contribution in [0.25, 0.3) is 10.9 Å². The summed E-state index contributed by atoms with van der Waals surface area (Å²) in [5.74, 6) is 0. The van der Waals surface area contributed by atoms with E-state index in [0.29, 0.717) is 5.41 Å². The minimum atomic E-state index is 0.310. The van der Waals surface area contributed by atoms with E-state index in [2.05, 4.69) is 55.0 Å². The maximum absolute atomic E-state index is 4.86. The molecule has 0 radical (unpaired) electrons. The molecule has 0 saturated carbocycles. The molecule has 0 fully saturated rings. The van der Waals surface area contributed by atoms with Crippen molar-refractivity contribution < 1.29 is 0 Å². The van der Waals surface area contributed by atoms with Crippen LogP contribution in [0, 0.1) is 5.41 Å². The minimum absolute atomic E-state index is 0.310. The fraction of sp³-hybridized carbons (Fsp3) is 0.588. The maximum Gasteiger partial charge on any atom is 0.0709 e. The highest BCUT2D eigenvalue weighted by molar-refractivity contribution is 5.82. The normalized spacial score (nSPS) is 12.2. The largest absolute Gasteiger partial charge is 0.319 e. The van der Waals surface area contributed by atoms with Gasteiger partial charge in [0, 0.05) is 18.5 Å². The molecule has 1 heterocycles. The van der Waals surface area contributed by atoms with E-state index in [4.69, 9.17) is 5.10 Å². The van der Waals surface area contributed by atoms with Crippen LogP contribution >= 0.6 is 0 Å². The lowest BCUT2D eigenvalue weighted by Crippen LogP contribution is -2.33. The third kappa shape index (κ3) is 2.73. The number of nitrogens with zero attached hydrogens (tertiary/aromatic N) is 2. The van der Waals surface area contributed by atoms with Crippen LogP contribution in [-0.2, 0) is 13.0 Å². The van der Waals surface area contributed by atoms with Crippen molar-refractivity contribution in [1.82, 2.24) is 15.1 Å². The van der Waals surface area contributed by atoms with Crippen LogP contribution in [-0.4, -0.2) is 23.4 Å². The summed E-state index contributed by atoms with van der Waals surface area (Å²) in [5.41, 5.74) is 2.82. The van der Waals surface area contributed by atoms with Crippen LogP contribution in [0.15, 0.2) is 24.3 Å². The number of aryl methyl sites for hydroxylation is 1. The molecule has 2 aromatic rings. The standard InChI is InChI=1S/C17H27N3/c1-5-17(6-2,13-18-4)12-15-14-10-8-9-11-16(14)20(7-3)19-15/h8-11,18H,5-7,12-13H2,1-4H3. The first-order valence-corrected chi connectivity index (χ1v) is 7.78. The van der Waals surface area contributed by atoms with Gasteiger partial charge >= 0.3 is 0 Å². The Labute approximate surface area is 122 Å². The van der Waals surface area contributed by atoms with Crippen molar-refractivity contribution in [3.05, 3.63) is 30.0 Å². The maximum atomic E-state index is 4.86. The van der Waals surface area contributed by atoms with Crippen molar-refractivity contribution in [3.63, 3.8) is 0 Å². The highest BCUT2D eigenvalue weighted by Crippen LogP contribution is 2.32. The van der Waals surface area contributed by atoms with Crippen LogP contribution in [0.2, 0.25) is 0 Å². The van der Waals surface area contributed by atoms with Crippen LogP contribution in [0.3, 0.4) is 0 Å². The third-order valence-corrected chi connectivity index (χ3v) is 4.63. The molecule has 1 aromatic heterocycles. The SMILES string of the molecule is CCn1nc(CC(CC)(CC)CNC)c2ccccc21. The Bertz CT molecular complexity index is 552. The monoisotopic (exact) mass is 273 g/mol. The van der Waals surface area contributed by atoms with E-state index in [1.54, 1.807) is 0 Å². The number of benzene rings is 1. The second-order valence-electron chi connectivity index (χ2n) is 5.69. The summed E-state index contributed by atoms with van der Waals surface area (Å²) in [6.07, 6.45) is 3.41. The molecule has 1 aromatic carbocycles. The van der Waals surface area contributed by atoms with Gasteiger partial charge in [0.15, 0.2) is 0 Å². The molecule has 3 heteroatoms. The molecule has 3 nitrogen and oxygen atoms in total. The van der Waals surface area contributed by atoms with Gasteiger partial charge in [0.05, 0.1) is 11.2 Å². The Hall–Kier alpha value is -1.35. The Kier molecular flexibility index (Phi) is 4.81. The molecule has 20 heavy (non-hydrogen) atoms. The van der Waals surface area contributed by atoms with Crippen molar-refractivity contribution in [3.8, 4) is 0 Å². The minimum Gasteiger partial charge on any atom is -0.319 e. The van der Waals surface area contributed by atoms with E-state index < -0.39 is 0 Å². The van der Waals surface area contributed by atoms with Gasteiger partial charge in [0.1, 0.15) is 0 Å². The lowest BCUT2D eigenvalue weighted by atomic mass is 9.77. The zero-order valence-corrected chi connectivity index (χ0v) is 13.2. The smallest absolute Gasteiger partial charge is 0.0709 e. The summed E-state index contributed by atoms with van der Waals surface area (Å²) in [6.45, 7) is 8.72. The fourth-order valence-corrected chi connectivity index (χ4v) is 3.11. The quantitative estimate of drug-likeness (QED) is 0.835. The first kappa shape index (κ1) is 15.0. The van der Waals surface area contributed by atoms with Crippen LogP contribution in [0.5, 0.6) is 0 Å². The highest BCUT2D eigenvalue weighted by atomic mass is 15.3. The topological polar surface area (TPSA) is 29.9 Å². The highest BCUT2D eigenvalue weighted by Gasteiger charge is 2.28. The van der Waals surface area contributed by atoms with E-state index in [9.17, 15) is 0 Å². The summed E-state index contributed by atoms with van der Waals surface area (Å²) in [6, 6.07) is 8.60. The number of rotatable bonds is 7. The number of para-hydroxylation sites is 1. The number of aromatic nitrogens is 2. The first-order valence-electron chi connectivity index (χ1n) is 7.78. The van der Waals surface area contributed by atoms with Crippen molar-refractivity contribution in [2.45, 2.75) is 46.6 Å². The van der Waals surface area contributed by atoms with Gasteiger partial charge in [-0.1, -0.05) is 32.0 Å². The zero-order valence-electron chi connectivity index (χ0n) is 13.2. The molecule has 0 unspecified atom stereocenters. The zero-order chi connectivity index (χ0) is 14.6. The molecule has 0 aliphatic rings. The lowest BCUT2D eigenvalue weighted by molar-refractivity contribution is 0.250. The van der Waals surface area contributed by atoms with E-state index >= 15 is 0 Å². The number of hydrogen-bond acceptors (Lipinski definition) is 2. The van der Waals surface area contributed by atoms with Gasteiger partial charge in [-0.15, -0.1) is 0 Å². The molecular formula is C17H27N3. The number of nitrogens with one attached hydrogen (secondary N) is 1. The van der Waals surface area contributed by atoms with Gasteiger partial charge < -0.3 is 5.32 Å². The number of fused-ring (bicyclic) bond motifs is 1. The van der Waals surface area contributed by atoms with Gasteiger partial charge in [-0.2, -0.15) is 5.10 Å².